The molecule has 2 rings (SSSR count). The molecule has 3 N–H and O–H groups in total. The molecule has 1 aromatic rings. The van der Waals surface area contributed by atoms with Gasteiger partial charge in [0.2, 0.25) is 0 Å². The molecule has 0 aliphatic heterocycles. The Hall–Kier alpha value is -1.67. The fourth-order valence-corrected chi connectivity index (χ4v) is 3.18. The highest BCUT2D eigenvalue weighted by Crippen LogP contribution is 2.27. The molecule has 1 saturated carbocycles. The quantitative estimate of drug-likeness (QED) is 0.754. The number of aromatic nitrogens is 1. The van der Waals surface area contributed by atoms with Crippen LogP contribution in [0.3, 0.4) is 0 Å². The van der Waals surface area contributed by atoms with Gasteiger partial charge in [0.25, 0.3) is 0 Å². The minimum absolute atomic E-state index is 0.205. The molecule has 0 atom stereocenters. The Morgan fingerprint density at radius 3 is 2.67 bits per heavy atom. The second kappa shape index (κ2) is 6.40. The highest BCUT2D eigenvalue weighted by molar-refractivity contribution is 7.13. The van der Waals surface area contributed by atoms with Gasteiger partial charge in [0, 0.05) is 13.6 Å². The molecule has 21 heavy (non-hydrogen) atoms. The number of nitrogens with zero attached hydrogens (tertiary/aromatic N) is 2. The molecule has 1 aromatic heterocycles. The summed E-state index contributed by atoms with van der Waals surface area (Å²) in [6.45, 7) is 2.47. The van der Waals surface area contributed by atoms with Crippen molar-refractivity contribution in [3.05, 3.63) is 15.6 Å². The summed E-state index contributed by atoms with van der Waals surface area (Å²) in [6, 6.07) is -0.221. The molecule has 0 spiro atoms. The highest BCUT2D eigenvalue weighted by Gasteiger charge is 2.29. The average molecular weight is 313 g/mol. The van der Waals surface area contributed by atoms with Crippen LogP contribution in [0.5, 0.6) is 0 Å². The van der Waals surface area contributed by atoms with Crippen molar-refractivity contribution in [2.24, 2.45) is 5.92 Å². The van der Waals surface area contributed by atoms with Gasteiger partial charge in [-0.3, -0.25) is 0 Å². The van der Waals surface area contributed by atoms with E-state index in [-0.39, 0.29) is 23.6 Å². The van der Waals surface area contributed by atoms with Crippen molar-refractivity contribution in [1.29, 1.82) is 0 Å². The first-order chi connectivity index (χ1) is 9.86. The highest BCUT2D eigenvalue weighted by atomic mass is 32.1. The van der Waals surface area contributed by atoms with Gasteiger partial charge in [-0.2, -0.15) is 0 Å². The Morgan fingerprint density at radius 2 is 2.14 bits per heavy atom. The predicted octanol–water partition coefficient (Wildman–Crippen LogP) is 1.06. The first-order valence-corrected chi connectivity index (χ1v) is 7.55. The zero-order valence-electron chi connectivity index (χ0n) is 12.0. The van der Waals surface area contributed by atoms with Crippen molar-refractivity contribution >= 4 is 23.3 Å². The lowest BCUT2D eigenvalue weighted by molar-refractivity contribution is 0.0325. The Kier molecular flexibility index (Phi) is 4.79. The van der Waals surface area contributed by atoms with E-state index in [0.29, 0.717) is 23.2 Å². The summed E-state index contributed by atoms with van der Waals surface area (Å²) < 4.78 is 0. The Bertz CT molecular complexity index is 540. The second-order valence-corrected chi connectivity index (χ2v) is 6.44. The number of thiazole rings is 1. The van der Waals surface area contributed by atoms with Crippen LogP contribution in [0.1, 0.15) is 33.2 Å². The fourth-order valence-electron chi connectivity index (χ4n) is 2.33. The summed E-state index contributed by atoms with van der Waals surface area (Å²) in [4.78, 5) is 28.8. The van der Waals surface area contributed by atoms with Crippen LogP contribution >= 0.6 is 11.3 Å². The van der Waals surface area contributed by atoms with Crippen LogP contribution in [0.2, 0.25) is 0 Å². The van der Waals surface area contributed by atoms with Gasteiger partial charge in [-0.25, -0.2) is 14.6 Å². The van der Waals surface area contributed by atoms with Gasteiger partial charge in [-0.1, -0.05) is 0 Å². The summed E-state index contributed by atoms with van der Waals surface area (Å²) in [5, 5.41) is 21.5. The molecule has 1 fully saturated rings. The van der Waals surface area contributed by atoms with Gasteiger partial charge in [0.1, 0.15) is 9.88 Å². The zero-order valence-corrected chi connectivity index (χ0v) is 12.8. The number of aromatic carboxylic acids is 1. The number of aliphatic hydroxyl groups excluding tert-OH is 1. The number of hydrogen-bond acceptors (Lipinski definition) is 5. The Morgan fingerprint density at radius 1 is 1.48 bits per heavy atom. The molecule has 0 saturated heterocycles. The third-order valence-electron chi connectivity index (χ3n) is 3.52. The van der Waals surface area contributed by atoms with Crippen molar-refractivity contribution in [3.8, 4) is 0 Å². The number of amides is 2. The molecular formula is C13H19N3O4S. The standard InChI is InChI=1S/C13H19N3O4S/c1-7-11(12(18)19)21-10(15-7)5-14-13(20)16(2)6-8-3-9(17)4-8/h8-9,17H,3-6H2,1-2H3,(H,14,20)(H,18,19). The second-order valence-electron chi connectivity index (χ2n) is 5.36. The Labute approximate surface area is 126 Å². The van der Waals surface area contributed by atoms with Crippen LogP contribution in [-0.4, -0.2) is 51.8 Å². The number of rotatable bonds is 5. The van der Waals surface area contributed by atoms with Gasteiger partial charge in [0.05, 0.1) is 18.3 Å². The minimum Gasteiger partial charge on any atom is -0.477 e. The number of carbonyl (C=O) groups excluding carboxylic acids is 1. The first-order valence-electron chi connectivity index (χ1n) is 6.73. The summed E-state index contributed by atoms with van der Waals surface area (Å²) in [6.07, 6.45) is 1.26. The number of carboxylic acid groups (broad SMARTS) is 1. The average Bonchev–Trinajstić information content (AvgIpc) is 2.75. The molecular weight excluding hydrogens is 294 g/mol. The molecule has 1 heterocycles. The van der Waals surface area contributed by atoms with Crippen LogP contribution in [-0.2, 0) is 6.54 Å². The van der Waals surface area contributed by atoms with E-state index in [1.807, 2.05) is 0 Å². The third kappa shape index (κ3) is 3.92. The number of urea groups is 1. The predicted molar refractivity (Wildman–Crippen MR) is 77.4 cm³/mol. The van der Waals surface area contributed by atoms with E-state index in [9.17, 15) is 14.7 Å². The van der Waals surface area contributed by atoms with Gasteiger partial charge < -0.3 is 20.4 Å². The van der Waals surface area contributed by atoms with E-state index in [0.717, 1.165) is 24.2 Å². The topological polar surface area (TPSA) is 103 Å². The minimum atomic E-state index is -0.997. The van der Waals surface area contributed by atoms with E-state index in [2.05, 4.69) is 10.3 Å². The maximum absolute atomic E-state index is 11.9. The maximum atomic E-state index is 11.9. The van der Waals surface area contributed by atoms with Crippen LogP contribution in [0.15, 0.2) is 0 Å². The number of nitrogens with one attached hydrogen (secondary N) is 1. The number of carbonyl (C=O) groups is 2. The molecule has 116 valence electrons. The lowest BCUT2D eigenvalue weighted by Crippen LogP contribution is -2.43. The van der Waals surface area contributed by atoms with Crippen LogP contribution in [0, 0.1) is 12.8 Å². The fraction of sp³-hybridized carbons (Fsp3) is 0.615. The van der Waals surface area contributed by atoms with Crippen LogP contribution in [0.25, 0.3) is 0 Å². The third-order valence-corrected chi connectivity index (χ3v) is 4.66. The normalized spacial score (nSPS) is 20.7. The van der Waals surface area contributed by atoms with Crippen molar-refractivity contribution in [3.63, 3.8) is 0 Å². The molecule has 1 aliphatic carbocycles. The monoisotopic (exact) mass is 313 g/mol. The lowest BCUT2D eigenvalue weighted by Gasteiger charge is -2.34. The van der Waals surface area contributed by atoms with Crippen molar-refractivity contribution in [2.75, 3.05) is 13.6 Å². The zero-order chi connectivity index (χ0) is 15.6. The summed E-state index contributed by atoms with van der Waals surface area (Å²) in [5.74, 6) is -0.639. The largest absolute Gasteiger partial charge is 0.477 e. The van der Waals surface area contributed by atoms with Gasteiger partial charge in [-0.15, -0.1) is 11.3 Å². The van der Waals surface area contributed by atoms with Crippen LogP contribution < -0.4 is 5.32 Å². The molecule has 0 radical (unpaired) electrons. The van der Waals surface area contributed by atoms with E-state index < -0.39 is 5.97 Å². The van der Waals surface area contributed by atoms with Crippen molar-refractivity contribution in [1.82, 2.24) is 15.2 Å². The Balaban J connectivity index is 1.80. The lowest BCUT2D eigenvalue weighted by atomic mass is 9.82. The number of aliphatic hydroxyl groups is 1. The first kappa shape index (κ1) is 15.7. The van der Waals surface area contributed by atoms with E-state index in [1.165, 1.54) is 0 Å². The van der Waals surface area contributed by atoms with Crippen molar-refractivity contribution in [2.45, 2.75) is 32.4 Å². The number of carboxylic acids is 1. The molecule has 2 amide bonds. The summed E-state index contributed by atoms with van der Waals surface area (Å²) in [7, 11) is 1.70. The van der Waals surface area contributed by atoms with E-state index in [4.69, 9.17) is 5.11 Å². The van der Waals surface area contributed by atoms with E-state index in [1.54, 1.807) is 18.9 Å². The van der Waals surface area contributed by atoms with Gasteiger partial charge in [-0.05, 0) is 25.7 Å². The molecule has 0 aromatic carbocycles. The van der Waals surface area contributed by atoms with Crippen LogP contribution in [0.4, 0.5) is 4.79 Å². The summed E-state index contributed by atoms with van der Waals surface area (Å²) >= 11 is 1.07. The molecule has 1 aliphatic rings. The maximum Gasteiger partial charge on any atom is 0.347 e. The smallest absolute Gasteiger partial charge is 0.347 e. The number of hydrogen-bond donors (Lipinski definition) is 3. The molecule has 7 nitrogen and oxygen atoms in total. The molecule has 0 unspecified atom stereocenters. The SMILES string of the molecule is Cc1nc(CNC(=O)N(C)CC2CC(O)C2)sc1C(=O)O. The summed E-state index contributed by atoms with van der Waals surface area (Å²) in [5.41, 5.74) is 0.466. The molecule has 8 heteroatoms. The van der Waals surface area contributed by atoms with Crippen molar-refractivity contribution < 1.29 is 19.8 Å². The molecule has 0 bridgehead atoms. The van der Waals surface area contributed by atoms with Gasteiger partial charge >= 0.3 is 12.0 Å². The number of aryl methyl sites for hydroxylation is 1. The van der Waals surface area contributed by atoms with Gasteiger partial charge in [0.15, 0.2) is 0 Å². The van der Waals surface area contributed by atoms with E-state index >= 15 is 0 Å².